The van der Waals surface area contributed by atoms with Gasteiger partial charge in [0.2, 0.25) is 0 Å². The van der Waals surface area contributed by atoms with Crippen LogP contribution in [0.4, 0.5) is 5.00 Å². The van der Waals surface area contributed by atoms with Crippen molar-refractivity contribution in [2.75, 3.05) is 25.0 Å². The normalized spacial score (nSPS) is 23.8. The van der Waals surface area contributed by atoms with Gasteiger partial charge in [0.1, 0.15) is 0 Å². The van der Waals surface area contributed by atoms with Crippen molar-refractivity contribution in [2.45, 2.75) is 37.3 Å². The third kappa shape index (κ3) is 4.15. The highest BCUT2D eigenvalue weighted by molar-refractivity contribution is 7.14. The van der Waals surface area contributed by atoms with E-state index in [0.29, 0.717) is 18.0 Å². The van der Waals surface area contributed by atoms with Crippen molar-refractivity contribution in [2.24, 2.45) is 4.99 Å². The van der Waals surface area contributed by atoms with Gasteiger partial charge in [0, 0.05) is 43.2 Å². The van der Waals surface area contributed by atoms with Gasteiger partial charge in [-0.05, 0) is 54.5 Å². The van der Waals surface area contributed by atoms with Crippen molar-refractivity contribution in [3.05, 3.63) is 52.4 Å². The fourth-order valence-electron chi connectivity index (χ4n) is 3.69. The van der Waals surface area contributed by atoms with Crippen LogP contribution in [0.25, 0.3) is 0 Å². The molecule has 1 aromatic heterocycles. The zero-order chi connectivity index (χ0) is 17.9. The number of benzene rings is 1. The van der Waals surface area contributed by atoms with Crippen LogP contribution in [0.2, 0.25) is 5.02 Å². The van der Waals surface area contributed by atoms with Crippen LogP contribution in [-0.4, -0.2) is 38.2 Å². The summed E-state index contributed by atoms with van der Waals surface area (Å²) in [6, 6.07) is 13.5. The molecule has 6 heteroatoms. The molecule has 1 aliphatic carbocycles. The number of anilines is 1. The maximum Gasteiger partial charge on any atom is 0.191 e. The summed E-state index contributed by atoms with van der Waals surface area (Å²) in [6.07, 6.45) is 3.42. The Kier molecular flexibility index (Phi) is 5.36. The summed E-state index contributed by atoms with van der Waals surface area (Å²) < 4.78 is 0. The first kappa shape index (κ1) is 17.7. The second-order valence-corrected chi connectivity index (χ2v) is 8.44. The van der Waals surface area contributed by atoms with Crippen LogP contribution in [0, 0.1) is 0 Å². The molecule has 0 amide bonds. The van der Waals surface area contributed by atoms with Crippen LogP contribution in [-0.2, 0) is 0 Å². The molecule has 2 atom stereocenters. The largest absolute Gasteiger partial charge is 0.363 e. The van der Waals surface area contributed by atoms with Gasteiger partial charge >= 0.3 is 0 Å². The van der Waals surface area contributed by atoms with Gasteiger partial charge in [-0.25, -0.2) is 0 Å². The van der Waals surface area contributed by atoms with Crippen LogP contribution >= 0.6 is 22.9 Å². The smallest absolute Gasteiger partial charge is 0.191 e. The van der Waals surface area contributed by atoms with Gasteiger partial charge in [-0.3, -0.25) is 4.99 Å². The van der Waals surface area contributed by atoms with E-state index in [0.717, 1.165) is 43.3 Å². The lowest BCUT2D eigenvalue weighted by Crippen LogP contribution is -2.49. The van der Waals surface area contributed by atoms with E-state index in [2.05, 4.69) is 50.2 Å². The Labute approximate surface area is 164 Å². The number of halogens is 1. The van der Waals surface area contributed by atoms with Gasteiger partial charge in [-0.15, -0.1) is 11.3 Å². The van der Waals surface area contributed by atoms with E-state index < -0.39 is 0 Å². The molecule has 26 heavy (non-hydrogen) atoms. The number of rotatable bonds is 4. The lowest BCUT2D eigenvalue weighted by molar-refractivity contribution is 0.462. The topological polar surface area (TPSA) is 39.7 Å². The average Bonchev–Trinajstić information content (AvgIpc) is 3.21. The standard InChI is InChI=1S/C20H25ClN4S/c1-22-20(24-18-13-17(18)14-4-2-5-15(21)12-14)23-16-7-9-25(10-8-16)19-6-3-11-26-19/h2-6,11-12,16-18H,7-10,13H2,1H3,(H2,22,23,24). The molecule has 4 rings (SSSR count). The Hall–Kier alpha value is -1.72. The highest BCUT2D eigenvalue weighted by atomic mass is 35.5. The number of thiophene rings is 1. The molecule has 2 fully saturated rings. The monoisotopic (exact) mass is 388 g/mol. The van der Waals surface area contributed by atoms with Gasteiger partial charge in [0.05, 0.1) is 5.00 Å². The van der Waals surface area contributed by atoms with Gasteiger partial charge < -0.3 is 15.5 Å². The summed E-state index contributed by atoms with van der Waals surface area (Å²) in [6.45, 7) is 2.20. The molecule has 1 aromatic carbocycles. The predicted octanol–water partition coefficient (Wildman–Crippen LogP) is 4.09. The van der Waals surface area contributed by atoms with Gasteiger partial charge in [0.15, 0.2) is 5.96 Å². The molecular formula is C20H25ClN4S. The summed E-state index contributed by atoms with van der Waals surface area (Å²) in [7, 11) is 1.85. The van der Waals surface area contributed by atoms with Crippen LogP contribution < -0.4 is 15.5 Å². The predicted molar refractivity (Wildman–Crippen MR) is 112 cm³/mol. The molecule has 0 spiro atoms. The van der Waals surface area contributed by atoms with Crippen LogP contribution in [0.5, 0.6) is 0 Å². The summed E-state index contributed by atoms with van der Waals surface area (Å²) in [5, 5.41) is 11.5. The second-order valence-electron chi connectivity index (χ2n) is 7.08. The Morgan fingerprint density at radius 1 is 1.19 bits per heavy atom. The molecule has 2 N–H and O–H groups in total. The Balaban J connectivity index is 1.26. The van der Waals surface area contributed by atoms with Crippen molar-refractivity contribution < 1.29 is 0 Å². The molecule has 1 saturated carbocycles. The van der Waals surface area contributed by atoms with E-state index >= 15 is 0 Å². The maximum absolute atomic E-state index is 6.12. The number of hydrogen-bond acceptors (Lipinski definition) is 3. The van der Waals surface area contributed by atoms with Crippen LogP contribution in [0.15, 0.2) is 46.8 Å². The zero-order valence-electron chi connectivity index (χ0n) is 15.0. The molecule has 4 nitrogen and oxygen atoms in total. The van der Waals surface area contributed by atoms with Gasteiger partial charge in [0.25, 0.3) is 0 Å². The molecule has 0 radical (unpaired) electrons. The van der Waals surface area contributed by atoms with Crippen molar-refractivity contribution in [3.63, 3.8) is 0 Å². The molecular weight excluding hydrogens is 364 g/mol. The van der Waals surface area contributed by atoms with Crippen molar-refractivity contribution in [1.29, 1.82) is 0 Å². The number of aliphatic imine (C=N–C) groups is 1. The Bertz CT molecular complexity index is 753. The van der Waals surface area contributed by atoms with E-state index in [-0.39, 0.29) is 0 Å². The molecule has 2 heterocycles. The molecule has 2 aromatic rings. The number of nitrogens with zero attached hydrogens (tertiary/aromatic N) is 2. The van der Waals surface area contributed by atoms with Gasteiger partial charge in [-0.1, -0.05) is 23.7 Å². The van der Waals surface area contributed by atoms with E-state index in [1.54, 1.807) is 0 Å². The van der Waals surface area contributed by atoms with Crippen molar-refractivity contribution in [1.82, 2.24) is 10.6 Å². The van der Waals surface area contributed by atoms with E-state index in [9.17, 15) is 0 Å². The van der Waals surface area contributed by atoms with E-state index in [1.807, 2.05) is 30.5 Å². The number of guanidine groups is 1. The minimum atomic E-state index is 0.450. The first-order valence-electron chi connectivity index (χ1n) is 9.26. The third-order valence-electron chi connectivity index (χ3n) is 5.27. The molecule has 2 unspecified atom stereocenters. The molecule has 2 aliphatic rings. The van der Waals surface area contributed by atoms with E-state index in [1.165, 1.54) is 10.6 Å². The lowest BCUT2D eigenvalue weighted by atomic mass is 10.1. The summed E-state index contributed by atoms with van der Waals surface area (Å²) in [5.41, 5.74) is 1.31. The van der Waals surface area contributed by atoms with E-state index in [4.69, 9.17) is 11.6 Å². The number of nitrogens with one attached hydrogen (secondary N) is 2. The first-order valence-corrected chi connectivity index (χ1v) is 10.5. The molecule has 0 bridgehead atoms. The number of piperidine rings is 1. The fraction of sp³-hybridized carbons (Fsp3) is 0.450. The third-order valence-corrected chi connectivity index (χ3v) is 6.43. The Morgan fingerprint density at radius 3 is 2.73 bits per heavy atom. The van der Waals surface area contributed by atoms with Crippen LogP contribution in [0.1, 0.15) is 30.7 Å². The van der Waals surface area contributed by atoms with Crippen LogP contribution in [0.3, 0.4) is 0 Å². The summed E-state index contributed by atoms with van der Waals surface area (Å²) >= 11 is 7.94. The zero-order valence-corrected chi connectivity index (χ0v) is 16.6. The second kappa shape index (κ2) is 7.89. The summed E-state index contributed by atoms with van der Waals surface area (Å²) in [5.74, 6) is 1.46. The SMILES string of the molecule is CN=C(NC1CCN(c2cccs2)CC1)NC1CC1c1cccc(Cl)c1. The maximum atomic E-state index is 6.12. The summed E-state index contributed by atoms with van der Waals surface area (Å²) in [4.78, 5) is 6.91. The molecule has 1 aliphatic heterocycles. The highest BCUT2D eigenvalue weighted by Gasteiger charge is 2.39. The Morgan fingerprint density at radius 2 is 2.04 bits per heavy atom. The quantitative estimate of drug-likeness (QED) is 0.612. The number of hydrogen-bond donors (Lipinski definition) is 2. The van der Waals surface area contributed by atoms with Crippen molar-refractivity contribution >= 4 is 33.9 Å². The first-order chi connectivity index (χ1) is 12.7. The fourth-order valence-corrected chi connectivity index (χ4v) is 4.68. The molecule has 138 valence electrons. The van der Waals surface area contributed by atoms with Gasteiger partial charge in [-0.2, -0.15) is 0 Å². The lowest BCUT2D eigenvalue weighted by Gasteiger charge is -2.33. The minimum Gasteiger partial charge on any atom is -0.363 e. The van der Waals surface area contributed by atoms with Crippen molar-refractivity contribution in [3.8, 4) is 0 Å². The molecule has 1 saturated heterocycles. The minimum absolute atomic E-state index is 0.450. The average molecular weight is 389 g/mol. The highest BCUT2D eigenvalue weighted by Crippen LogP contribution is 2.41.